The first kappa shape index (κ1) is 12.8. The molecule has 0 radical (unpaired) electrons. The van der Waals surface area contributed by atoms with Crippen molar-refractivity contribution in [3.05, 3.63) is 59.9 Å². The van der Waals surface area contributed by atoms with Crippen LogP contribution in [-0.4, -0.2) is 17.4 Å². The number of benzene rings is 1. The minimum absolute atomic E-state index is 0.193. The Morgan fingerprint density at radius 1 is 1.26 bits per heavy atom. The van der Waals surface area contributed by atoms with Crippen LogP contribution in [0.4, 0.5) is 10.5 Å². The third kappa shape index (κ3) is 3.92. The molecule has 0 spiro atoms. The molecule has 2 aromatic rings. The van der Waals surface area contributed by atoms with Crippen molar-refractivity contribution < 1.29 is 14.3 Å². The van der Waals surface area contributed by atoms with E-state index < -0.39 is 6.09 Å². The predicted octanol–water partition coefficient (Wildman–Crippen LogP) is 2.64. The van der Waals surface area contributed by atoms with E-state index >= 15 is 0 Å². The molecule has 5 nitrogen and oxygen atoms in total. The number of hydrogen-bond acceptors (Lipinski definition) is 4. The van der Waals surface area contributed by atoms with Gasteiger partial charge in [0.15, 0.2) is 6.29 Å². The van der Waals surface area contributed by atoms with Crippen molar-refractivity contribution in [2.45, 2.75) is 6.61 Å². The van der Waals surface area contributed by atoms with Crippen LogP contribution in [0.5, 0.6) is 0 Å². The normalized spacial score (nSPS) is 9.68. The van der Waals surface area contributed by atoms with Crippen molar-refractivity contribution in [2.75, 3.05) is 5.32 Å². The number of carbonyl (C=O) groups excluding carboxylic acids is 2. The Morgan fingerprint density at radius 2 is 2.05 bits per heavy atom. The van der Waals surface area contributed by atoms with E-state index in [1.165, 1.54) is 12.3 Å². The summed E-state index contributed by atoms with van der Waals surface area (Å²) in [6, 6.07) is 12.4. The maximum absolute atomic E-state index is 11.5. The zero-order valence-electron chi connectivity index (χ0n) is 10.1. The molecule has 0 fully saturated rings. The Morgan fingerprint density at radius 3 is 2.79 bits per heavy atom. The number of pyridine rings is 1. The number of carbonyl (C=O) groups is 2. The molecule has 1 aromatic carbocycles. The Bertz CT molecular complexity index is 570. The van der Waals surface area contributed by atoms with Gasteiger partial charge in [-0.2, -0.15) is 0 Å². The Hall–Kier alpha value is -2.69. The van der Waals surface area contributed by atoms with Gasteiger partial charge in [-0.3, -0.25) is 15.1 Å². The fourth-order valence-electron chi connectivity index (χ4n) is 1.47. The van der Waals surface area contributed by atoms with E-state index in [1.54, 1.807) is 6.07 Å². The van der Waals surface area contributed by atoms with Gasteiger partial charge in [0.2, 0.25) is 0 Å². The van der Waals surface area contributed by atoms with Crippen LogP contribution in [0.15, 0.2) is 48.7 Å². The Balaban J connectivity index is 1.89. The maximum atomic E-state index is 11.5. The highest BCUT2D eigenvalue weighted by Crippen LogP contribution is 2.08. The molecule has 2 rings (SSSR count). The maximum Gasteiger partial charge on any atom is 0.411 e. The zero-order valence-corrected chi connectivity index (χ0v) is 10.1. The van der Waals surface area contributed by atoms with Crippen molar-refractivity contribution in [3.8, 4) is 0 Å². The van der Waals surface area contributed by atoms with E-state index in [0.717, 1.165) is 5.56 Å². The minimum atomic E-state index is -0.577. The quantitative estimate of drug-likeness (QED) is 0.854. The molecule has 0 saturated heterocycles. The third-order valence-electron chi connectivity index (χ3n) is 2.36. The van der Waals surface area contributed by atoms with E-state index in [2.05, 4.69) is 10.3 Å². The molecule has 0 aliphatic heterocycles. The van der Waals surface area contributed by atoms with Crippen LogP contribution in [0.25, 0.3) is 0 Å². The number of nitrogens with zero attached hydrogens (tertiary/aromatic N) is 1. The molecule has 19 heavy (non-hydrogen) atoms. The fraction of sp³-hybridized carbons (Fsp3) is 0.0714. The van der Waals surface area contributed by atoms with Gasteiger partial charge in [-0.05, 0) is 17.7 Å². The van der Waals surface area contributed by atoms with Crippen molar-refractivity contribution in [2.24, 2.45) is 0 Å². The van der Waals surface area contributed by atoms with Crippen molar-refractivity contribution in [1.82, 2.24) is 4.98 Å². The van der Waals surface area contributed by atoms with E-state index in [4.69, 9.17) is 4.74 Å². The monoisotopic (exact) mass is 256 g/mol. The molecule has 0 aliphatic carbocycles. The summed E-state index contributed by atoms with van der Waals surface area (Å²) in [7, 11) is 0. The number of aldehydes is 1. The van der Waals surface area contributed by atoms with Crippen molar-refractivity contribution in [3.63, 3.8) is 0 Å². The molecule has 1 amide bonds. The highest BCUT2D eigenvalue weighted by atomic mass is 16.5. The highest BCUT2D eigenvalue weighted by molar-refractivity contribution is 5.85. The van der Waals surface area contributed by atoms with E-state index in [0.29, 0.717) is 12.0 Å². The SMILES string of the molecule is O=Cc1cc(NC(=O)OCc2ccccc2)ccn1. The molecule has 1 aromatic heterocycles. The summed E-state index contributed by atoms with van der Waals surface area (Å²) in [6.45, 7) is 0.193. The second-order valence-electron chi connectivity index (χ2n) is 3.77. The van der Waals surface area contributed by atoms with Gasteiger partial charge in [-0.1, -0.05) is 30.3 Å². The van der Waals surface area contributed by atoms with Crippen LogP contribution in [0.1, 0.15) is 16.1 Å². The number of ether oxygens (including phenoxy) is 1. The van der Waals surface area contributed by atoms with Gasteiger partial charge in [-0.15, -0.1) is 0 Å². The third-order valence-corrected chi connectivity index (χ3v) is 2.36. The van der Waals surface area contributed by atoms with Crippen LogP contribution < -0.4 is 5.32 Å². The lowest BCUT2D eigenvalue weighted by molar-refractivity contribution is 0.111. The van der Waals surface area contributed by atoms with Crippen molar-refractivity contribution in [1.29, 1.82) is 0 Å². The smallest absolute Gasteiger partial charge is 0.411 e. The molecular formula is C14H12N2O3. The first-order valence-corrected chi connectivity index (χ1v) is 5.67. The van der Waals surface area contributed by atoms with Gasteiger partial charge in [-0.25, -0.2) is 4.79 Å². The van der Waals surface area contributed by atoms with E-state index in [1.807, 2.05) is 30.3 Å². The first-order chi connectivity index (χ1) is 9.28. The van der Waals surface area contributed by atoms with E-state index in [9.17, 15) is 9.59 Å². The predicted molar refractivity (Wildman–Crippen MR) is 69.9 cm³/mol. The molecule has 0 unspecified atom stereocenters. The van der Waals surface area contributed by atoms with Crippen LogP contribution in [0, 0.1) is 0 Å². The van der Waals surface area contributed by atoms with Crippen LogP contribution in [-0.2, 0) is 11.3 Å². The van der Waals surface area contributed by atoms with Gasteiger partial charge >= 0.3 is 6.09 Å². The molecular weight excluding hydrogens is 244 g/mol. The second kappa shape index (κ2) is 6.30. The molecule has 0 saturated carbocycles. The number of hydrogen-bond donors (Lipinski definition) is 1. The number of anilines is 1. The molecule has 5 heteroatoms. The van der Waals surface area contributed by atoms with E-state index in [-0.39, 0.29) is 12.3 Å². The Kier molecular flexibility index (Phi) is 4.23. The van der Waals surface area contributed by atoms with Gasteiger partial charge in [0.25, 0.3) is 0 Å². The summed E-state index contributed by atoms with van der Waals surface area (Å²) in [4.78, 5) is 25.9. The zero-order chi connectivity index (χ0) is 13.5. The van der Waals surface area contributed by atoms with Gasteiger partial charge < -0.3 is 4.74 Å². The van der Waals surface area contributed by atoms with Crippen molar-refractivity contribution >= 4 is 18.1 Å². The number of nitrogens with one attached hydrogen (secondary N) is 1. The molecule has 96 valence electrons. The lowest BCUT2D eigenvalue weighted by atomic mass is 10.2. The van der Waals surface area contributed by atoms with Crippen LogP contribution in [0.2, 0.25) is 0 Å². The molecule has 1 N–H and O–H groups in total. The number of amides is 1. The fourth-order valence-corrected chi connectivity index (χ4v) is 1.47. The number of rotatable bonds is 4. The standard InChI is InChI=1S/C14H12N2O3/c17-9-13-8-12(6-7-15-13)16-14(18)19-10-11-4-2-1-3-5-11/h1-9H,10H2,(H,15,16,18). The summed E-state index contributed by atoms with van der Waals surface area (Å²) >= 11 is 0. The number of aromatic nitrogens is 1. The van der Waals surface area contributed by atoms with Crippen LogP contribution >= 0.6 is 0 Å². The lowest BCUT2D eigenvalue weighted by Crippen LogP contribution is -2.13. The summed E-state index contributed by atoms with van der Waals surface area (Å²) in [5.74, 6) is 0. The summed E-state index contributed by atoms with van der Waals surface area (Å²) in [5.41, 5.74) is 1.62. The average molecular weight is 256 g/mol. The first-order valence-electron chi connectivity index (χ1n) is 5.67. The van der Waals surface area contributed by atoms with Gasteiger partial charge in [0.05, 0.1) is 0 Å². The summed E-state index contributed by atoms with van der Waals surface area (Å²) in [6.07, 6.45) is 1.48. The second-order valence-corrected chi connectivity index (χ2v) is 3.77. The summed E-state index contributed by atoms with van der Waals surface area (Å²) in [5, 5.41) is 2.53. The Labute approximate surface area is 110 Å². The molecule has 0 bridgehead atoms. The molecule has 1 heterocycles. The van der Waals surface area contributed by atoms with Crippen LogP contribution in [0.3, 0.4) is 0 Å². The molecule has 0 atom stereocenters. The minimum Gasteiger partial charge on any atom is -0.444 e. The van der Waals surface area contributed by atoms with Gasteiger partial charge in [0, 0.05) is 11.9 Å². The highest BCUT2D eigenvalue weighted by Gasteiger charge is 2.04. The largest absolute Gasteiger partial charge is 0.444 e. The lowest BCUT2D eigenvalue weighted by Gasteiger charge is -2.07. The topological polar surface area (TPSA) is 68.3 Å². The summed E-state index contributed by atoms with van der Waals surface area (Å²) < 4.78 is 5.05. The van der Waals surface area contributed by atoms with Gasteiger partial charge in [0.1, 0.15) is 12.3 Å². The molecule has 0 aliphatic rings. The average Bonchev–Trinajstić information content (AvgIpc) is 2.46.